The lowest BCUT2D eigenvalue weighted by Crippen LogP contribution is -2.40. The van der Waals surface area contributed by atoms with Crippen LogP contribution in [-0.4, -0.2) is 46.1 Å². The Hall–Kier alpha value is -1.92. The van der Waals surface area contributed by atoms with Gasteiger partial charge in [-0.15, -0.1) is 0 Å². The maximum atomic E-state index is 11.5. The first kappa shape index (κ1) is 13.1. The number of aliphatic carboxylic acids is 1. The van der Waals surface area contributed by atoms with Crippen molar-refractivity contribution in [2.75, 3.05) is 6.61 Å². The number of carboxylic acids is 1. The van der Waals surface area contributed by atoms with Crippen molar-refractivity contribution in [3.63, 3.8) is 0 Å². The van der Waals surface area contributed by atoms with E-state index >= 15 is 0 Å². The van der Waals surface area contributed by atoms with Gasteiger partial charge in [0.25, 0.3) is 0 Å². The summed E-state index contributed by atoms with van der Waals surface area (Å²) in [6.45, 7) is -0.807. The van der Waals surface area contributed by atoms with Crippen LogP contribution < -0.4 is 0 Å². The lowest BCUT2D eigenvalue weighted by Gasteiger charge is -2.17. The molecule has 1 aromatic rings. The molecule has 0 aliphatic rings. The second kappa shape index (κ2) is 5.97. The Balaban J connectivity index is 2.75. The second-order valence-electron chi connectivity index (χ2n) is 3.28. The topological polar surface area (TPSA) is 104 Å². The molecule has 0 aliphatic carbocycles. The van der Waals surface area contributed by atoms with E-state index in [1.165, 1.54) is 12.1 Å². The minimum atomic E-state index is -1.78. The number of carboxylic acid groups (broad SMARTS) is 1. The summed E-state index contributed by atoms with van der Waals surface area (Å²) in [6, 6.07) is 7.77. The molecule has 0 saturated carbocycles. The Morgan fingerprint density at radius 2 is 1.82 bits per heavy atom. The van der Waals surface area contributed by atoms with Gasteiger partial charge in [-0.2, -0.15) is 0 Å². The zero-order valence-electron chi connectivity index (χ0n) is 8.81. The Bertz CT molecular complexity index is 388. The summed E-state index contributed by atoms with van der Waals surface area (Å²) < 4.78 is 4.60. The van der Waals surface area contributed by atoms with E-state index < -0.39 is 30.8 Å². The van der Waals surface area contributed by atoms with Crippen LogP contribution in [0.1, 0.15) is 10.4 Å². The van der Waals surface area contributed by atoms with E-state index in [1.807, 2.05) is 0 Å². The maximum absolute atomic E-state index is 11.5. The number of ether oxygens (including phenoxy) is 1. The second-order valence-corrected chi connectivity index (χ2v) is 3.28. The van der Waals surface area contributed by atoms with Gasteiger partial charge < -0.3 is 20.1 Å². The number of rotatable bonds is 5. The number of hydrogen-bond donors (Lipinski definition) is 3. The molecule has 0 radical (unpaired) electrons. The molecule has 3 N–H and O–H groups in total. The highest BCUT2D eigenvalue weighted by molar-refractivity contribution is 5.91. The molecular formula is C11H12O6. The fraction of sp³-hybridized carbons (Fsp3) is 0.273. The molecule has 1 aromatic carbocycles. The first-order valence-corrected chi connectivity index (χ1v) is 4.84. The molecule has 6 heteroatoms. The molecule has 17 heavy (non-hydrogen) atoms. The summed E-state index contributed by atoms with van der Waals surface area (Å²) in [5.74, 6) is -2.39. The number of esters is 1. The summed E-state index contributed by atoms with van der Waals surface area (Å²) >= 11 is 0. The molecule has 0 spiro atoms. The summed E-state index contributed by atoms with van der Waals surface area (Å²) in [7, 11) is 0. The Labute approximate surface area is 97.1 Å². The number of aliphatic hydroxyl groups excluding tert-OH is 2. The number of hydrogen-bond acceptors (Lipinski definition) is 5. The van der Waals surface area contributed by atoms with Crippen molar-refractivity contribution in [2.45, 2.75) is 12.2 Å². The van der Waals surface area contributed by atoms with E-state index in [9.17, 15) is 14.7 Å². The van der Waals surface area contributed by atoms with Crippen molar-refractivity contribution in [3.05, 3.63) is 35.9 Å². The maximum Gasteiger partial charge on any atom is 0.347 e. The van der Waals surface area contributed by atoms with Crippen LogP contribution in [-0.2, 0) is 9.53 Å². The highest BCUT2D eigenvalue weighted by atomic mass is 16.6. The Morgan fingerprint density at radius 1 is 1.24 bits per heavy atom. The number of carbonyl (C=O) groups excluding carboxylic acids is 1. The monoisotopic (exact) mass is 240 g/mol. The van der Waals surface area contributed by atoms with E-state index in [2.05, 4.69) is 4.74 Å². The molecule has 92 valence electrons. The van der Waals surface area contributed by atoms with E-state index in [0.29, 0.717) is 0 Å². The number of aliphatic hydroxyl groups is 2. The van der Waals surface area contributed by atoms with Crippen molar-refractivity contribution >= 4 is 11.9 Å². The van der Waals surface area contributed by atoms with E-state index in [0.717, 1.165) is 0 Å². The summed E-state index contributed by atoms with van der Waals surface area (Å²) in [6.07, 6.45) is -3.44. The third-order valence-corrected chi connectivity index (χ3v) is 2.02. The first-order chi connectivity index (χ1) is 8.06. The molecule has 0 fully saturated rings. The lowest BCUT2D eigenvalue weighted by molar-refractivity contribution is -0.155. The Morgan fingerprint density at radius 3 is 2.29 bits per heavy atom. The smallest absolute Gasteiger partial charge is 0.347 e. The Kier molecular flexibility index (Phi) is 4.62. The van der Waals surface area contributed by atoms with Gasteiger partial charge in [0.15, 0.2) is 0 Å². The molecule has 6 nitrogen and oxygen atoms in total. The van der Waals surface area contributed by atoms with Crippen LogP contribution in [0.4, 0.5) is 0 Å². The molecule has 2 atom stereocenters. The van der Waals surface area contributed by atoms with Gasteiger partial charge in [0, 0.05) is 0 Å². The van der Waals surface area contributed by atoms with Gasteiger partial charge >= 0.3 is 11.9 Å². The molecular weight excluding hydrogens is 228 g/mol. The SMILES string of the molecule is O=C(O[C@@H](C(=O)O)[C@@H](O)CO)c1ccccc1. The van der Waals surface area contributed by atoms with Crippen molar-refractivity contribution in [1.82, 2.24) is 0 Å². The van der Waals surface area contributed by atoms with E-state index in [4.69, 9.17) is 10.2 Å². The van der Waals surface area contributed by atoms with Crippen LogP contribution in [0.5, 0.6) is 0 Å². The van der Waals surface area contributed by atoms with Crippen molar-refractivity contribution < 1.29 is 29.6 Å². The van der Waals surface area contributed by atoms with Gasteiger partial charge in [0.05, 0.1) is 12.2 Å². The molecule has 0 bridgehead atoms. The minimum Gasteiger partial charge on any atom is -0.478 e. The van der Waals surface area contributed by atoms with Crippen LogP contribution in [0.2, 0.25) is 0 Å². The van der Waals surface area contributed by atoms with Crippen molar-refractivity contribution in [2.24, 2.45) is 0 Å². The fourth-order valence-corrected chi connectivity index (χ4v) is 1.15. The molecule has 0 unspecified atom stereocenters. The molecule has 0 aromatic heterocycles. The zero-order valence-corrected chi connectivity index (χ0v) is 8.81. The third kappa shape index (κ3) is 3.54. The van der Waals surface area contributed by atoms with Crippen LogP contribution in [0.15, 0.2) is 30.3 Å². The average Bonchev–Trinajstić information content (AvgIpc) is 2.35. The average molecular weight is 240 g/mol. The quantitative estimate of drug-likeness (QED) is 0.608. The largest absolute Gasteiger partial charge is 0.478 e. The van der Waals surface area contributed by atoms with Gasteiger partial charge in [-0.1, -0.05) is 18.2 Å². The predicted molar refractivity (Wildman–Crippen MR) is 56.4 cm³/mol. The molecule has 1 rings (SSSR count). The van der Waals surface area contributed by atoms with Crippen LogP contribution in [0.25, 0.3) is 0 Å². The summed E-state index contributed by atoms with van der Waals surface area (Å²) in [5.41, 5.74) is 0.170. The highest BCUT2D eigenvalue weighted by Gasteiger charge is 2.30. The van der Waals surface area contributed by atoms with Crippen LogP contribution in [0, 0.1) is 0 Å². The van der Waals surface area contributed by atoms with Crippen LogP contribution >= 0.6 is 0 Å². The summed E-state index contributed by atoms with van der Waals surface area (Å²) in [5, 5.41) is 26.5. The molecule has 0 saturated heterocycles. The standard InChI is InChI=1S/C11H12O6/c12-6-8(13)9(10(14)15)17-11(16)7-4-2-1-3-5-7/h1-5,8-9,12-13H,6H2,(H,14,15)/t8-,9+/m0/s1. The number of benzene rings is 1. The van der Waals surface area contributed by atoms with Gasteiger partial charge in [-0.25, -0.2) is 9.59 Å². The third-order valence-electron chi connectivity index (χ3n) is 2.02. The lowest BCUT2D eigenvalue weighted by atomic mass is 10.2. The van der Waals surface area contributed by atoms with Crippen LogP contribution in [0.3, 0.4) is 0 Å². The molecule has 0 amide bonds. The van der Waals surface area contributed by atoms with E-state index in [1.54, 1.807) is 18.2 Å². The normalized spacial score (nSPS) is 13.8. The van der Waals surface area contributed by atoms with Crippen molar-refractivity contribution in [1.29, 1.82) is 0 Å². The highest BCUT2D eigenvalue weighted by Crippen LogP contribution is 2.07. The minimum absolute atomic E-state index is 0.170. The zero-order chi connectivity index (χ0) is 12.8. The first-order valence-electron chi connectivity index (χ1n) is 4.84. The van der Waals surface area contributed by atoms with Gasteiger partial charge in [-0.3, -0.25) is 0 Å². The number of carbonyl (C=O) groups is 2. The van der Waals surface area contributed by atoms with Crippen molar-refractivity contribution in [3.8, 4) is 0 Å². The summed E-state index contributed by atoms with van der Waals surface area (Å²) in [4.78, 5) is 22.2. The molecule has 0 aliphatic heterocycles. The van der Waals surface area contributed by atoms with Gasteiger partial charge in [0.1, 0.15) is 6.10 Å². The van der Waals surface area contributed by atoms with E-state index in [-0.39, 0.29) is 5.56 Å². The molecule has 0 heterocycles. The van der Waals surface area contributed by atoms with Gasteiger partial charge in [0.2, 0.25) is 6.10 Å². The van der Waals surface area contributed by atoms with Gasteiger partial charge in [-0.05, 0) is 12.1 Å². The predicted octanol–water partition coefficient (Wildman–Crippen LogP) is -0.350. The fourth-order valence-electron chi connectivity index (χ4n) is 1.15.